The Labute approximate surface area is 146 Å². The number of hydrogen-bond acceptors (Lipinski definition) is 3. The lowest BCUT2D eigenvalue weighted by atomic mass is 10.1. The Bertz CT molecular complexity index is 603. The monoisotopic (exact) mass is 327 g/mol. The molecule has 0 aliphatic heterocycles. The van der Waals surface area contributed by atoms with Gasteiger partial charge in [-0.05, 0) is 58.2 Å². The van der Waals surface area contributed by atoms with Crippen LogP contribution in [-0.2, 0) is 11.2 Å². The van der Waals surface area contributed by atoms with Gasteiger partial charge >= 0.3 is 0 Å². The van der Waals surface area contributed by atoms with Crippen molar-refractivity contribution in [2.24, 2.45) is 0 Å². The van der Waals surface area contributed by atoms with Crippen LogP contribution in [0.1, 0.15) is 53.0 Å². The van der Waals surface area contributed by atoms with Crippen molar-refractivity contribution in [3.8, 4) is 6.07 Å². The largest absolute Gasteiger partial charge is 0.372 e. The molecule has 0 atom stereocenters. The summed E-state index contributed by atoms with van der Waals surface area (Å²) in [7, 11) is 0. The molecule has 0 aliphatic carbocycles. The smallest absolute Gasteiger partial charge is 0.267 e. The van der Waals surface area contributed by atoms with Gasteiger partial charge in [-0.3, -0.25) is 4.79 Å². The number of carbonyl (C=O) groups is 1. The summed E-state index contributed by atoms with van der Waals surface area (Å²) in [5, 5.41) is 12.1. The topological polar surface area (TPSA) is 56.1 Å². The quantitative estimate of drug-likeness (QED) is 0.593. The van der Waals surface area contributed by atoms with Crippen molar-refractivity contribution >= 4 is 11.6 Å². The van der Waals surface area contributed by atoms with Crippen LogP contribution < -0.4 is 5.32 Å². The van der Waals surface area contributed by atoms with E-state index in [1.807, 2.05) is 42.2 Å². The predicted molar refractivity (Wildman–Crippen MR) is 99.5 cm³/mol. The van der Waals surface area contributed by atoms with Crippen molar-refractivity contribution in [3.05, 3.63) is 41.6 Å². The number of aryl methyl sites for hydroxylation is 1. The normalized spacial score (nSPS) is 11.8. The highest BCUT2D eigenvalue weighted by Crippen LogP contribution is 2.16. The summed E-state index contributed by atoms with van der Waals surface area (Å²) in [4.78, 5) is 14.3. The molecular formula is C20H29N3O. The molecule has 0 saturated carbocycles. The van der Waals surface area contributed by atoms with E-state index >= 15 is 0 Å². The van der Waals surface area contributed by atoms with Crippen LogP contribution in [0.25, 0.3) is 0 Å². The van der Waals surface area contributed by atoms with E-state index in [0.717, 1.165) is 25.8 Å². The van der Waals surface area contributed by atoms with E-state index in [4.69, 9.17) is 0 Å². The van der Waals surface area contributed by atoms with Gasteiger partial charge < -0.3 is 10.2 Å². The molecule has 0 aliphatic rings. The fourth-order valence-electron chi connectivity index (χ4n) is 2.39. The van der Waals surface area contributed by atoms with Crippen molar-refractivity contribution in [2.75, 3.05) is 11.9 Å². The van der Waals surface area contributed by atoms with Crippen LogP contribution in [0.3, 0.4) is 0 Å². The summed E-state index contributed by atoms with van der Waals surface area (Å²) in [5.74, 6) is -0.374. The third kappa shape index (κ3) is 6.08. The second-order valence-electron chi connectivity index (χ2n) is 6.87. The van der Waals surface area contributed by atoms with Crippen LogP contribution in [0, 0.1) is 11.3 Å². The SMILES string of the molecule is CCCCc1ccc(NC(=O)/C(C#N)=C\N(CC)C(C)(C)C)cc1. The molecular weight excluding hydrogens is 298 g/mol. The van der Waals surface area contributed by atoms with Crippen LogP contribution in [-0.4, -0.2) is 22.9 Å². The lowest BCUT2D eigenvalue weighted by Gasteiger charge is -2.33. The Balaban J connectivity index is 2.82. The molecule has 0 fully saturated rings. The van der Waals surface area contributed by atoms with Crippen LogP contribution in [0.5, 0.6) is 0 Å². The van der Waals surface area contributed by atoms with Gasteiger partial charge in [-0.1, -0.05) is 25.5 Å². The molecule has 0 spiro atoms. The molecule has 1 aromatic carbocycles. The first kappa shape index (κ1) is 19.8. The van der Waals surface area contributed by atoms with Crippen LogP contribution >= 0.6 is 0 Å². The predicted octanol–water partition coefficient (Wildman–Crippen LogP) is 4.50. The first-order chi connectivity index (χ1) is 11.3. The maximum atomic E-state index is 12.4. The summed E-state index contributed by atoms with van der Waals surface area (Å²) < 4.78 is 0. The Kier molecular flexibility index (Phi) is 7.51. The molecule has 4 nitrogen and oxygen atoms in total. The summed E-state index contributed by atoms with van der Waals surface area (Å²) >= 11 is 0. The number of amides is 1. The molecule has 24 heavy (non-hydrogen) atoms. The lowest BCUT2D eigenvalue weighted by molar-refractivity contribution is -0.112. The second-order valence-corrected chi connectivity index (χ2v) is 6.87. The highest BCUT2D eigenvalue weighted by Gasteiger charge is 2.19. The van der Waals surface area contributed by atoms with Crippen molar-refractivity contribution in [1.29, 1.82) is 5.26 Å². The second kappa shape index (κ2) is 9.12. The Hall–Kier alpha value is -2.28. The summed E-state index contributed by atoms with van der Waals surface area (Å²) in [6.45, 7) is 11.1. The van der Waals surface area contributed by atoms with E-state index in [1.54, 1.807) is 6.20 Å². The van der Waals surface area contributed by atoms with E-state index in [1.165, 1.54) is 5.56 Å². The maximum Gasteiger partial charge on any atom is 0.267 e. The van der Waals surface area contributed by atoms with Crippen molar-refractivity contribution < 1.29 is 4.79 Å². The number of rotatable bonds is 7. The van der Waals surface area contributed by atoms with Gasteiger partial charge in [0.1, 0.15) is 11.6 Å². The first-order valence-corrected chi connectivity index (χ1v) is 8.60. The van der Waals surface area contributed by atoms with E-state index < -0.39 is 0 Å². The molecule has 4 heteroatoms. The fourth-order valence-corrected chi connectivity index (χ4v) is 2.39. The zero-order chi connectivity index (χ0) is 18.2. The average Bonchev–Trinajstić information content (AvgIpc) is 2.54. The van der Waals surface area contributed by atoms with Crippen LogP contribution in [0.4, 0.5) is 5.69 Å². The van der Waals surface area contributed by atoms with E-state index in [0.29, 0.717) is 5.69 Å². The zero-order valence-electron chi connectivity index (χ0n) is 15.5. The minimum absolute atomic E-state index is 0.113. The molecule has 0 unspecified atom stereocenters. The van der Waals surface area contributed by atoms with Crippen LogP contribution in [0.15, 0.2) is 36.0 Å². The summed E-state index contributed by atoms with van der Waals surface area (Å²) in [6, 6.07) is 9.83. The third-order valence-corrected chi connectivity index (χ3v) is 3.88. The van der Waals surface area contributed by atoms with Gasteiger partial charge in [-0.15, -0.1) is 0 Å². The molecule has 1 rings (SSSR count). The highest BCUT2D eigenvalue weighted by atomic mass is 16.1. The maximum absolute atomic E-state index is 12.4. The molecule has 0 saturated heterocycles. The first-order valence-electron chi connectivity index (χ1n) is 8.60. The Morgan fingerprint density at radius 2 is 1.88 bits per heavy atom. The van der Waals surface area contributed by atoms with Crippen LogP contribution in [0.2, 0.25) is 0 Å². The van der Waals surface area contributed by atoms with Gasteiger partial charge in [0.05, 0.1) is 0 Å². The van der Waals surface area contributed by atoms with E-state index in [-0.39, 0.29) is 17.0 Å². The van der Waals surface area contributed by atoms with Crippen molar-refractivity contribution in [2.45, 2.75) is 59.4 Å². The number of nitriles is 1. The third-order valence-electron chi connectivity index (χ3n) is 3.88. The van der Waals surface area contributed by atoms with E-state index in [9.17, 15) is 10.1 Å². The molecule has 0 aromatic heterocycles. The highest BCUT2D eigenvalue weighted by molar-refractivity contribution is 6.06. The number of nitrogens with one attached hydrogen (secondary N) is 1. The van der Waals surface area contributed by atoms with Gasteiger partial charge in [0.2, 0.25) is 0 Å². The molecule has 130 valence electrons. The van der Waals surface area contributed by atoms with Gasteiger partial charge in [0, 0.05) is 24.0 Å². The molecule has 0 heterocycles. The summed E-state index contributed by atoms with van der Waals surface area (Å²) in [6.07, 6.45) is 5.01. The minimum Gasteiger partial charge on any atom is -0.372 e. The Morgan fingerprint density at radius 3 is 2.33 bits per heavy atom. The van der Waals surface area contributed by atoms with E-state index in [2.05, 4.69) is 33.0 Å². The average molecular weight is 327 g/mol. The molecule has 1 amide bonds. The minimum atomic E-state index is -0.374. The van der Waals surface area contributed by atoms with Gasteiger partial charge in [0.15, 0.2) is 0 Å². The van der Waals surface area contributed by atoms with Gasteiger partial charge in [0.25, 0.3) is 5.91 Å². The molecule has 0 bridgehead atoms. The van der Waals surface area contributed by atoms with Gasteiger partial charge in [-0.2, -0.15) is 5.26 Å². The number of benzene rings is 1. The number of unbranched alkanes of at least 4 members (excludes halogenated alkanes) is 1. The Morgan fingerprint density at radius 1 is 1.25 bits per heavy atom. The fraction of sp³-hybridized carbons (Fsp3) is 0.500. The van der Waals surface area contributed by atoms with Crippen molar-refractivity contribution in [1.82, 2.24) is 4.90 Å². The van der Waals surface area contributed by atoms with Crippen molar-refractivity contribution in [3.63, 3.8) is 0 Å². The lowest BCUT2D eigenvalue weighted by Crippen LogP contribution is -2.37. The van der Waals surface area contributed by atoms with Gasteiger partial charge in [-0.25, -0.2) is 0 Å². The molecule has 0 radical (unpaired) electrons. The number of hydrogen-bond donors (Lipinski definition) is 1. The standard InChI is InChI=1S/C20H29N3O/c1-6-8-9-16-10-12-18(13-11-16)22-19(24)17(14-21)15-23(7-2)20(3,4)5/h10-13,15H,6-9H2,1-5H3,(H,22,24)/b17-15-. The zero-order valence-corrected chi connectivity index (χ0v) is 15.5. The number of nitrogens with zero attached hydrogens (tertiary/aromatic N) is 2. The number of carbonyl (C=O) groups excluding carboxylic acids is 1. The summed E-state index contributed by atoms with van der Waals surface area (Å²) in [5.41, 5.74) is 1.94. The molecule has 1 N–H and O–H groups in total. The molecule has 1 aromatic rings. The number of anilines is 1.